The minimum atomic E-state index is 0.178. The first-order chi connectivity index (χ1) is 8.67. The monoisotopic (exact) mass is 246 g/mol. The molecule has 0 aliphatic heterocycles. The molecule has 1 aliphatic carbocycles. The van der Waals surface area contributed by atoms with Crippen molar-refractivity contribution in [3.8, 4) is 6.07 Å². The maximum Gasteiger partial charge on any atom is 0.167 e. The Balaban J connectivity index is 2.24. The average Bonchev–Trinajstić information content (AvgIpc) is 2.81. The predicted octanol–water partition coefficient (Wildman–Crippen LogP) is 1.54. The minimum Gasteiger partial charge on any atom is -0.396 e. The first-order valence-electron chi connectivity index (χ1n) is 6.28. The van der Waals surface area contributed by atoms with Gasteiger partial charge < -0.3 is 10.4 Å². The van der Waals surface area contributed by atoms with Gasteiger partial charge in [0.2, 0.25) is 0 Å². The van der Waals surface area contributed by atoms with Crippen LogP contribution in [0.15, 0.2) is 0 Å². The molecule has 1 fully saturated rings. The molecule has 1 saturated carbocycles. The molecule has 5 nitrogen and oxygen atoms in total. The fourth-order valence-corrected chi connectivity index (χ4v) is 2.47. The number of hydrogen-bond acceptors (Lipinski definition) is 5. The molecule has 0 radical (unpaired) electrons. The summed E-state index contributed by atoms with van der Waals surface area (Å²) in [5.41, 5.74) is 2.21. The van der Waals surface area contributed by atoms with Gasteiger partial charge in [0.25, 0.3) is 0 Å². The summed E-state index contributed by atoms with van der Waals surface area (Å²) >= 11 is 0. The van der Waals surface area contributed by atoms with Gasteiger partial charge in [0.1, 0.15) is 11.6 Å². The summed E-state index contributed by atoms with van der Waals surface area (Å²) in [6.07, 6.45) is 3.13. The van der Waals surface area contributed by atoms with Crippen LogP contribution in [0.25, 0.3) is 0 Å². The maximum absolute atomic E-state index is 9.30. The van der Waals surface area contributed by atoms with E-state index in [2.05, 4.69) is 21.6 Å². The Bertz CT molecular complexity index is 481. The summed E-state index contributed by atoms with van der Waals surface area (Å²) in [7, 11) is 0. The molecule has 2 unspecified atom stereocenters. The zero-order valence-corrected chi connectivity index (χ0v) is 10.8. The molecule has 1 heterocycles. The third-order valence-electron chi connectivity index (χ3n) is 3.78. The molecule has 1 aromatic rings. The fraction of sp³-hybridized carbons (Fsp3) is 0.615. The van der Waals surface area contributed by atoms with Crippen molar-refractivity contribution in [1.29, 1.82) is 5.26 Å². The Morgan fingerprint density at radius 1 is 1.39 bits per heavy atom. The van der Waals surface area contributed by atoms with Crippen molar-refractivity contribution in [3.63, 3.8) is 0 Å². The lowest BCUT2D eigenvalue weighted by Crippen LogP contribution is -2.27. The van der Waals surface area contributed by atoms with E-state index in [0.29, 0.717) is 11.4 Å². The number of aromatic nitrogens is 2. The SMILES string of the molecule is Cc1nnc(NC2CCCC2CO)c(C#N)c1C. The van der Waals surface area contributed by atoms with Crippen LogP contribution in [-0.4, -0.2) is 28.0 Å². The Morgan fingerprint density at radius 3 is 2.83 bits per heavy atom. The van der Waals surface area contributed by atoms with Crippen LogP contribution < -0.4 is 5.32 Å². The van der Waals surface area contributed by atoms with Gasteiger partial charge in [-0.05, 0) is 32.3 Å². The highest BCUT2D eigenvalue weighted by Crippen LogP contribution is 2.29. The van der Waals surface area contributed by atoms with E-state index >= 15 is 0 Å². The number of nitrogens with zero attached hydrogens (tertiary/aromatic N) is 3. The lowest BCUT2D eigenvalue weighted by molar-refractivity contribution is 0.222. The first kappa shape index (κ1) is 12.8. The summed E-state index contributed by atoms with van der Waals surface area (Å²) in [6.45, 7) is 3.91. The topological polar surface area (TPSA) is 81.8 Å². The van der Waals surface area contributed by atoms with Gasteiger partial charge in [-0.3, -0.25) is 0 Å². The predicted molar refractivity (Wildman–Crippen MR) is 68.1 cm³/mol. The zero-order valence-electron chi connectivity index (χ0n) is 10.8. The summed E-state index contributed by atoms with van der Waals surface area (Å²) < 4.78 is 0. The van der Waals surface area contributed by atoms with E-state index in [0.717, 1.165) is 30.5 Å². The molecule has 0 saturated heterocycles. The highest BCUT2D eigenvalue weighted by Gasteiger charge is 2.27. The summed E-state index contributed by atoms with van der Waals surface area (Å²) in [4.78, 5) is 0. The number of aliphatic hydroxyl groups excluding tert-OH is 1. The third kappa shape index (κ3) is 2.29. The van der Waals surface area contributed by atoms with Crippen LogP contribution in [0.3, 0.4) is 0 Å². The van der Waals surface area contributed by atoms with Crippen LogP contribution >= 0.6 is 0 Å². The molecular weight excluding hydrogens is 228 g/mol. The Labute approximate surface area is 107 Å². The van der Waals surface area contributed by atoms with Crippen molar-refractivity contribution in [2.75, 3.05) is 11.9 Å². The molecular formula is C13H18N4O. The molecule has 96 valence electrons. The molecule has 1 aliphatic rings. The van der Waals surface area contributed by atoms with Crippen molar-refractivity contribution in [2.24, 2.45) is 5.92 Å². The molecule has 2 atom stereocenters. The van der Waals surface area contributed by atoms with E-state index in [9.17, 15) is 10.4 Å². The maximum atomic E-state index is 9.30. The molecule has 0 bridgehead atoms. The summed E-state index contributed by atoms with van der Waals surface area (Å²) in [5, 5.41) is 29.9. The third-order valence-corrected chi connectivity index (χ3v) is 3.78. The van der Waals surface area contributed by atoms with Crippen LogP contribution in [0.5, 0.6) is 0 Å². The number of rotatable bonds is 3. The second kappa shape index (κ2) is 5.32. The molecule has 0 amide bonds. The molecule has 18 heavy (non-hydrogen) atoms. The second-order valence-corrected chi connectivity index (χ2v) is 4.87. The second-order valence-electron chi connectivity index (χ2n) is 4.87. The van der Waals surface area contributed by atoms with Crippen molar-refractivity contribution in [3.05, 3.63) is 16.8 Å². The smallest absolute Gasteiger partial charge is 0.167 e. The van der Waals surface area contributed by atoms with E-state index in [-0.39, 0.29) is 18.6 Å². The van der Waals surface area contributed by atoms with Crippen molar-refractivity contribution in [1.82, 2.24) is 10.2 Å². The molecule has 1 aromatic heterocycles. The molecule has 0 spiro atoms. The lowest BCUT2D eigenvalue weighted by atomic mass is 10.0. The highest BCUT2D eigenvalue weighted by atomic mass is 16.3. The van der Waals surface area contributed by atoms with Gasteiger partial charge in [0.05, 0.1) is 5.69 Å². The molecule has 5 heteroatoms. The average molecular weight is 246 g/mol. The van der Waals surface area contributed by atoms with E-state index < -0.39 is 0 Å². The van der Waals surface area contributed by atoms with Crippen LogP contribution in [0.4, 0.5) is 5.82 Å². The molecule has 2 N–H and O–H groups in total. The van der Waals surface area contributed by atoms with Gasteiger partial charge in [-0.1, -0.05) is 6.42 Å². The van der Waals surface area contributed by atoms with Crippen molar-refractivity contribution in [2.45, 2.75) is 39.2 Å². The minimum absolute atomic E-state index is 0.178. The fourth-order valence-electron chi connectivity index (χ4n) is 2.47. The van der Waals surface area contributed by atoms with E-state index in [4.69, 9.17) is 0 Å². The molecule has 0 aromatic carbocycles. The lowest BCUT2D eigenvalue weighted by Gasteiger charge is -2.20. The standard InChI is InChI=1S/C13H18N4O/c1-8-9(2)16-17-13(11(8)6-14)15-12-5-3-4-10(12)7-18/h10,12,18H,3-5,7H2,1-2H3,(H,15,17). The number of nitrogens with one attached hydrogen (secondary N) is 1. The van der Waals surface area contributed by atoms with E-state index in [1.807, 2.05) is 13.8 Å². The van der Waals surface area contributed by atoms with Gasteiger partial charge in [0, 0.05) is 18.6 Å². The first-order valence-corrected chi connectivity index (χ1v) is 6.28. The number of aryl methyl sites for hydroxylation is 1. The highest BCUT2D eigenvalue weighted by molar-refractivity contribution is 5.56. The van der Waals surface area contributed by atoms with Crippen LogP contribution in [0.2, 0.25) is 0 Å². The van der Waals surface area contributed by atoms with Gasteiger partial charge in [-0.25, -0.2) is 0 Å². The van der Waals surface area contributed by atoms with Crippen LogP contribution in [0, 0.1) is 31.1 Å². The largest absolute Gasteiger partial charge is 0.396 e. The van der Waals surface area contributed by atoms with E-state index in [1.54, 1.807) is 0 Å². The number of nitriles is 1. The van der Waals surface area contributed by atoms with Gasteiger partial charge in [0.15, 0.2) is 5.82 Å². The Morgan fingerprint density at radius 2 is 2.17 bits per heavy atom. The number of anilines is 1. The Hall–Kier alpha value is -1.67. The summed E-state index contributed by atoms with van der Waals surface area (Å²) in [5.74, 6) is 0.797. The number of aliphatic hydroxyl groups is 1. The van der Waals surface area contributed by atoms with Crippen molar-refractivity contribution < 1.29 is 5.11 Å². The quantitative estimate of drug-likeness (QED) is 0.845. The summed E-state index contributed by atoms with van der Waals surface area (Å²) in [6, 6.07) is 2.38. The van der Waals surface area contributed by atoms with Crippen molar-refractivity contribution >= 4 is 5.82 Å². The Kier molecular flexibility index (Phi) is 3.78. The number of hydrogen-bond donors (Lipinski definition) is 2. The molecule has 2 rings (SSSR count). The van der Waals surface area contributed by atoms with Crippen LogP contribution in [0.1, 0.15) is 36.1 Å². The zero-order chi connectivity index (χ0) is 13.1. The van der Waals surface area contributed by atoms with E-state index in [1.165, 1.54) is 0 Å². The normalized spacial score (nSPS) is 22.8. The van der Waals surface area contributed by atoms with Gasteiger partial charge >= 0.3 is 0 Å². The van der Waals surface area contributed by atoms with Gasteiger partial charge in [-0.2, -0.15) is 10.4 Å². The van der Waals surface area contributed by atoms with Crippen LogP contribution in [-0.2, 0) is 0 Å². The van der Waals surface area contributed by atoms with Gasteiger partial charge in [-0.15, -0.1) is 5.10 Å².